The van der Waals surface area contributed by atoms with Gasteiger partial charge in [-0.05, 0) is 160 Å². The summed E-state index contributed by atoms with van der Waals surface area (Å²) in [5.74, 6) is 6.74. The molecule has 139 heavy (non-hydrogen) atoms. The van der Waals surface area contributed by atoms with Crippen LogP contribution in [0.15, 0.2) is 199 Å². The van der Waals surface area contributed by atoms with Crippen LogP contribution in [0.3, 0.4) is 0 Å². The van der Waals surface area contributed by atoms with Gasteiger partial charge in [-0.3, -0.25) is 0 Å². The predicted molar refractivity (Wildman–Crippen MR) is 495 cm³/mol. The van der Waals surface area contributed by atoms with Crippen molar-refractivity contribution in [2.24, 2.45) is 0 Å². The van der Waals surface area contributed by atoms with Gasteiger partial charge < -0.3 is 50.2 Å². The van der Waals surface area contributed by atoms with Crippen LogP contribution in [-0.2, 0) is 9.84 Å². The lowest BCUT2D eigenvalue weighted by atomic mass is 10.1. The maximum Gasteiger partial charge on any atom is 0.574 e. The van der Waals surface area contributed by atoms with Gasteiger partial charge in [0.2, 0.25) is 91.3 Å². The van der Waals surface area contributed by atoms with E-state index < -0.39 is 22.1 Å². The Morgan fingerprint density at radius 1 is 0.338 bits per heavy atom. The van der Waals surface area contributed by atoms with Crippen molar-refractivity contribution < 1.29 is 71.8 Å². The molecule has 46 nitrogen and oxygen atoms in total. The minimum Gasteiger partial charge on any atom is -0.491 e. The molecule has 0 amide bonds. The lowest BCUT2D eigenvalue weighted by molar-refractivity contribution is -0.276. The van der Waals surface area contributed by atoms with Crippen LogP contribution in [0.4, 0.5) is 13.2 Å². The van der Waals surface area contributed by atoms with Gasteiger partial charge in [0.15, 0.2) is 44.8 Å². The van der Waals surface area contributed by atoms with E-state index in [1.54, 1.807) is 137 Å². The minimum atomic E-state index is -4.88. The zero-order chi connectivity index (χ0) is 98.5. The Bertz CT molecular complexity index is 6730. The molecular weight excluding hydrogens is 1900 g/mol. The summed E-state index contributed by atoms with van der Waals surface area (Å²) >= 11 is 17.9. The highest BCUT2D eigenvalue weighted by molar-refractivity contribution is 7.90. The number of aryl methyl sites for hydroxylation is 3. The maximum absolute atomic E-state index is 12.3. The highest BCUT2D eigenvalue weighted by Crippen LogP contribution is 2.32. The molecule has 0 atom stereocenters. The summed E-state index contributed by atoms with van der Waals surface area (Å²) in [4.78, 5) is 37.4. The Labute approximate surface area is 800 Å². The molecule has 0 aliphatic rings. The molecule has 3 aromatic carbocycles. The molecule has 0 spiro atoms. The Balaban J connectivity index is 0.000000141. The van der Waals surface area contributed by atoms with E-state index in [2.05, 4.69) is 141 Å². The van der Waals surface area contributed by atoms with Gasteiger partial charge in [0, 0.05) is 142 Å². The number of ether oxygens (including phenoxy) is 5. The number of alkyl halides is 3. The molecule has 15 aromatic heterocycles. The van der Waals surface area contributed by atoms with Crippen molar-refractivity contribution in [1.82, 2.24) is 165 Å². The van der Waals surface area contributed by atoms with E-state index in [0.29, 0.717) is 97.4 Å². The second-order valence-corrected chi connectivity index (χ2v) is 32.7. The van der Waals surface area contributed by atoms with Gasteiger partial charge in [-0.25, -0.2) is 81.4 Å². The number of halogens is 6. The highest BCUT2D eigenvalue weighted by Gasteiger charge is 2.32. The number of sulfone groups is 1. The topological polar surface area (TPSA) is 537 Å². The van der Waals surface area contributed by atoms with Crippen LogP contribution in [0.25, 0.3) is 142 Å². The van der Waals surface area contributed by atoms with E-state index in [1.165, 1.54) is 83.3 Å². The van der Waals surface area contributed by atoms with E-state index in [4.69, 9.17) is 80.3 Å². The standard InChI is InChI=1S/C16H17N5O2.C15H14ClN5O2.C15H16N6O2.C14H13ClN6O2.C14H13N5O3S.C12H6ClF3N6O2/c1-11(2)23-14-7-12(3)6-13(8-14)16-17-9-21(20-16)5-4-15-19-18-10-22-15;1-10(2)23-13-6-11(5-12(16)7-13)15-17-8-21(20-15)4-3-14-19-18-9-22-14;1-10(2)23-14-7-12(6-11(3)18-14)15-16-8-21(20-15)5-4-13-19-17-9-22-13;1-9(2)23-13-6-10(5-11(15)18-13)14-16-7-21(20-14)4-3-12-19-17-8-22-12;1-10-5-11(7-12(6-10)23(2,20)21)14-15-8-19(18-14)4-3-13-17-16-9-22-13;13-8-3-7(4-10(19-8)24-12(14,15)16)11-17-5-22(21-11)2-1-9-20-18-6-23-9/h4-11H,1-3H3;3-10H,1-2H3;4-10H,1-3H3;2*3-9H,1-2H3;1-6H/b5-4-;4-3-;5-4-;2*4-3-;2-1-. The first-order valence-electron chi connectivity index (χ1n) is 40.9. The van der Waals surface area contributed by atoms with Crippen molar-refractivity contribution in [2.45, 2.75) is 112 Å². The summed E-state index contributed by atoms with van der Waals surface area (Å²) < 4.78 is 126. The molecule has 0 bridgehead atoms. The van der Waals surface area contributed by atoms with Gasteiger partial charge in [0.05, 0.1) is 29.3 Å². The molecule has 53 heteroatoms. The molecule has 0 radical (unpaired) electrons. The number of aromatic nitrogens is 33. The summed E-state index contributed by atoms with van der Waals surface area (Å²) in [5.41, 5.74) is 6.84. The van der Waals surface area contributed by atoms with Crippen LogP contribution >= 0.6 is 34.8 Å². The van der Waals surface area contributed by atoms with E-state index >= 15 is 0 Å². The van der Waals surface area contributed by atoms with Crippen molar-refractivity contribution in [3.63, 3.8) is 0 Å². The number of nitrogens with zero attached hydrogens (tertiary/aromatic N) is 33. The average molecular weight is 1980 g/mol. The lowest BCUT2D eigenvalue weighted by Crippen LogP contribution is -2.18. The SMILES string of the molecule is CC(C)Oc1cc(-c2ncn(/C=C\c3nnco3)n2)cc(Cl)n1.CC(C)Oc1cc(Cl)cc(-c2ncn(/C=C\c3nnco3)n2)c1.Cc1cc(-c2ncn(/C=C\c3nnco3)n2)cc(OC(C)C)n1.Cc1cc(-c2ncn(/C=C\c3nnco3)n2)cc(S(C)(=O)=O)c1.Cc1cc(OC(C)C)cc(-c2ncn(/C=C\c3nnco3)n2)c1.FC(F)(F)Oc1cc(-c2ncn(/C=C\c3nnco3)n2)cc(Cl)n1. The van der Waals surface area contributed by atoms with Gasteiger partial charge in [-0.15, -0.1) is 105 Å². The van der Waals surface area contributed by atoms with Gasteiger partial charge in [-0.2, -0.15) is 0 Å². The van der Waals surface area contributed by atoms with Crippen LogP contribution in [0.1, 0.15) is 108 Å². The maximum atomic E-state index is 12.3. The smallest absolute Gasteiger partial charge is 0.491 e. The fraction of sp³-hybridized carbons (Fsp3) is 0.198. The first-order chi connectivity index (χ1) is 66.7. The zero-order valence-corrected chi connectivity index (χ0v) is 78.2. The monoisotopic (exact) mass is 1980 g/mol. The number of hydrogen-bond acceptors (Lipinski definition) is 40. The van der Waals surface area contributed by atoms with E-state index in [9.17, 15) is 21.6 Å². The number of hydrogen-bond donors (Lipinski definition) is 0. The van der Waals surface area contributed by atoms with Crippen LogP contribution in [0, 0.1) is 20.8 Å². The van der Waals surface area contributed by atoms with Crippen molar-refractivity contribution in [2.75, 3.05) is 6.26 Å². The summed E-state index contributed by atoms with van der Waals surface area (Å²) in [6.07, 6.45) is 32.6. The van der Waals surface area contributed by atoms with E-state index in [-0.39, 0.29) is 51.7 Å². The first kappa shape index (κ1) is 99.3. The molecule has 0 saturated carbocycles. The zero-order valence-electron chi connectivity index (χ0n) is 75.1. The normalized spacial score (nSPS) is 11.7. The molecule has 0 N–H and O–H groups in total. The number of pyridine rings is 3. The van der Waals surface area contributed by atoms with Crippen LogP contribution in [0.2, 0.25) is 15.3 Å². The van der Waals surface area contributed by atoms with Crippen molar-refractivity contribution in [1.29, 1.82) is 0 Å². The first-order valence-corrected chi connectivity index (χ1v) is 43.9. The van der Waals surface area contributed by atoms with Gasteiger partial charge in [0.25, 0.3) is 0 Å². The third-order valence-electron chi connectivity index (χ3n) is 16.6. The second kappa shape index (κ2) is 47.2. The average Bonchev–Trinajstić information content (AvgIpc) is 1.79. The molecule has 15 heterocycles. The fourth-order valence-corrected chi connectivity index (χ4v) is 12.7. The van der Waals surface area contributed by atoms with Crippen molar-refractivity contribution in [3.05, 3.63) is 235 Å². The minimum absolute atomic E-state index is 0.00308. The summed E-state index contributed by atoms with van der Waals surface area (Å²) in [5, 5.41) is 70.3. The summed E-state index contributed by atoms with van der Waals surface area (Å²) in [6, 6.07) is 25.9. The Kier molecular flexibility index (Phi) is 33.7. The third-order valence-corrected chi connectivity index (χ3v) is 18.3. The Hall–Kier alpha value is -17.2. The largest absolute Gasteiger partial charge is 0.574 e. The van der Waals surface area contributed by atoms with Crippen molar-refractivity contribution in [3.8, 4) is 97.5 Å². The van der Waals surface area contributed by atoms with Crippen LogP contribution in [-0.4, -0.2) is 210 Å². The molecule has 0 aliphatic carbocycles. The van der Waals surface area contributed by atoms with Crippen LogP contribution < -0.4 is 23.7 Å². The van der Waals surface area contributed by atoms with Gasteiger partial charge in [0.1, 0.15) is 59.8 Å². The molecule has 0 aliphatic heterocycles. The Morgan fingerprint density at radius 2 is 0.619 bits per heavy atom. The molecule has 18 aromatic rings. The molecule has 714 valence electrons. The van der Waals surface area contributed by atoms with Gasteiger partial charge >= 0.3 is 6.36 Å². The fourth-order valence-electron chi connectivity index (χ4n) is 11.3. The molecular formula is C86H79Cl3F3N33O13S. The second-order valence-electron chi connectivity index (χ2n) is 29.4. The number of benzene rings is 3. The molecule has 0 saturated heterocycles. The summed E-state index contributed by atoms with van der Waals surface area (Å²) in [6.45, 7) is 21.4. The Morgan fingerprint density at radius 3 is 0.928 bits per heavy atom. The van der Waals surface area contributed by atoms with E-state index in [1.807, 2.05) is 119 Å². The predicted octanol–water partition coefficient (Wildman–Crippen LogP) is 16.3. The third kappa shape index (κ3) is 31.8. The molecule has 0 fully saturated rings. The molecule has 18 rings (SSSR count). The quantitative estimate of drug-likeness (QED) is 0.0411. The van der Waals surface area contributed by atoms with E-state index in [0.717, 1.165) is 51.7 Å². The highest BCUT2D eigenvalue weighted by atomic mass is 35.5. The van der Waals surface area contributed by atoms with Gasteiger partial charge in [-0.1, -0.05) is 34.8 Å². The lowest BCUT2D eigenvalue weighted by Gasteiger charge is -2.11. The summed E-state index contributed by atoms with van der Waals surface area (Å²) in [7, 11) is -3.29. The van der Waals surface area contributed by atoms with Crippen molar-refractivity contribution >= 4 is 118 Å². The van der Waals surface area contributed by atoms with Crippen LogP contribution in [0.5, 0.6) is 29.1 Å². The number of rotatable bonds is 28. The molecule has 0 unspecified atom stereocenters.